The number of nitrogens with zero attached hydrogens (tertiary/aromatic N) is 4. The van der Waals surface area contributed by atoms with Gasteiger partial charge < -0.3 is 9.84 Å². The number of carbonyl (C=O) groups excluding carboxylic acids is 1. The molecular formula is C16H15ClFN5O2. The van der Waals surface area contributed by atoms with E-state index in [9.17, 15) is 9.18 Å². The number of nitrogens with one attached hydrogen (secondary N) is 1. The first-order valence-electron chi connectivity index (χ1n) is 7.46. The molecule has 130 valence electrons. The third-order valence-corrected chi connectivity index (χ3v) is 4.08. The van der Waals surface area contributed by atoms with Gasteiger partial charge in [0.05, 0.1) is 11.3 Å². The number of benzene rings is 1. The molecule has 0 spiro atoms. The van der Waals surface area contributed by atoms with E-state index < -0.39 is 6.04 Å². The molecule has 1 unspecified atom stereocenters. The Labute approximate surface area is 147 Å². The van der Waals surface area contributed by atoms with Crippen molar-refractivity contribution in [3.63, 3.8) is 0 Å². The molecule has 2 heterocycles. The summed E-state index contributed by atoms with van der Waals surface area (Å²) in [4.78, 5) is 16.7. The van der Waals surface area contributed by atoms with E-state index in [1.807, 2.05) is 0 Å². The van der Waals surface area contributed by atoms with Gasteiger partial charge in [0.2, 0.25) is 11.7 Å². The van der Waals surface area contributed by atoms with Crippen LogP contribution in [0.3, 0.4) is 0 Å². The zero-order chi connectivity index (χ0) is 18.1. The zero-order valence-electron chi connectivity index (χ0n) is 13.7. The first-order valence-corrected chi connectivity index (χ1v) is 7.84. The van der Waals surface area contributed by atoms with E-state index in [2.05, 4.69) is 20.6 Å². The summed E-state index contributed by atoms with van der Waals surface area (Å²) in [5, 5.41) is 11.0. The second kappa shape index (κ2) is 6.64. The fourth-order valence-electron chi connectivity index (χ4n) is 2.35. The highest BCUT2D eigenvalue weighted by Gasteiger charge is 2.23. The van der Waals surface area contributed by atoms with Crippen LogP contribution in [0.2, 0.25) is 5.15 Å². The fourth-order valence-corrected chi connectivity index (χ4v) is 2.61. The topological polar surface area (TPSA) is 85.8 Å². The summed E-state index contributed by atoms with van der Waals surface area (Å²) in [7, 11) is 1.66. The Balaban J connectivity index is 1.76. The maximum Gasteiger partial charge on any atom is 0.256 e. The highest BCUT2D eigenvalue weighted by molar-refractivity contribution is 6.33. The average Bonchev–Trinajstić information content (AvgIpc) is 3.14. The summed E-state index contributed by atoms with van der Waals surface area (Å²) in [6, 6.07) is 5.18. The molecule has 0 bridgehead atoms. The minimum absolute atomic E-state index is 0.227. The van der Waals surface area contributed by atoms with Crippen LogP contribution < -0.4 is 5.32 Å². The first kappa shape index (κ1) is 17.1. The minimum Gasteiger partial charge on any atom is -0.340 e. The van der Waals surface area contributed by atoms with Gasteiger partial charge in [-0.2, -0.15) is 10.1 Å². The Morgan fingerprint density at radius 2 is 2.04 bits per heavy atom. The van der Waals surface area contributed by atoms with Crippen LogP contribution in [0.1, 0.15) is 34.9 Å². The number of aryl methyl sites for hydroxylation is 2. The Morgan fingerprint density at radius 1 is 1.36 bits per heavy atom. The van der Waals surface area contributed by atoms with Crippen LogP contribution in [-0.4, -0.2) is 25.8 Å². The molecule has 3 rings (SSSR count). The summed E-state index contributed by atoms with van der Waals surface area (Å²) < 4.78 is 19.6. The Hall–Kier alpha value is -2.74. The van der Waals surface area contributed by atoms with Crippen LogP contribution in [-0.2, 0) is 7.05 Å². The van der Waals surface area contributed by atoms with Crippen molar-refractivity contribution in [1.29, 1.82) is 0 Å². The monoisotopic (exact) mass is 363 g/mol. The van der Waals surface area contributed by atoms with Gasteiger partial charge in [-0.15, -0.1) is 0 Å². The van der Waals surface area contributed by atoms with Crippen molar-refractivity contribution in [2.24, 2.45) is 7.05 Å². The second-order valence-electron chi connectivity index (χ2n) is 5.53. The van der Waals surface area contributed by atoms with Gasteiger partial charge in [0, 0.05) is 12.6 Å². The van der Waals surface area contributed by atoms with Gasteiger partial charge in [-0.3, -0.25) is 9.48 Å². The Morgan fingerprint density at radius 3 is 2.64 bits per heavy atom. The van der Waals surface area contributed by atoms with E-state index in [0.717, 1.165) is 0 Å². The number of rotatable bonds is 4. The van der Waals surface area contributed by atoms with Gasteiger partial charge in [-0.05, 0) is 38.1 Å². The third kappa shape index (κ3) is 3.39. The number of halogens is 2. The summed E-state index contributed by atoms with van der Waals surface area (Å²) >= 11 is 6.09. The van der Waals surface area contributed by atoms with Gasteiger partial charge >= 0.3 is 0 Å². The van der Waals surface area contributed by atoms with Crippen molar-refractivity contribution in [3.05, 3.63) is 52.4 Å². The van der Waals surface area contributed by atoms with Crippen LogP contribution >= 0.6 is 11.6 Å². The molecule has 1 N–H and O–H groups in total. The molecule has 0 radical (unpaired) electrons. The molecule has 0 saturated carbocycles. The molecule has 9 heteroatoms. The highest BCUT2D eigenvalue weighted by atomic mass is 35.5. The average molecular weight is 364 g/mol. The van der Waals surface area contributed by atoms with E-state index in [-0.39, 0.29) is 22.8 Å². The lowest BCUT2D eigenvalue weighted by molar-refractivity contribution is 0.0932. The van der Waals surface area contributed by atoms with Crippen molar-refractivity contribution in [1.82, 2.24) is 25.2 Å². The predicted molar refractivity (Wildman–Crippen MR) is 88.5 cm³/mol. The van der Waals surface area contributed by atoms with E-state index in [0.29, 0.717) is 22.6 Å². The molecule has 0 aliphatic heterocycles. The lowest BCUT2D eigenvalue weighted by Crippen LogP contribution is -2.27. The molecule has 25 heavy (non-hydrogen) atoms. The van der Waals surface area contributed by atoms with Crippen molar-refractivity contribution >= 4 is 17.5 Å². The van der Waals surface area contributed by atoms with Gasteiger partial charge in [0.15, 0.2) is 0 Å². The number of hydrogen-bond donors (Lipinski definition) is 1. The molecule has 2 aromatic heterocycles. The zero-order valence-corrected chi connectivity index (χ0v) is 14.5. The normalized spacial score (nSPS) is 12.2. The third-order valence-electron chi connectivity index (χ3n) is 3.64. The van der Waals surface area contributed by atoms with Gasteiger partial charge in [-0.1, -0.05) is 16.8 Å². The van der Waals surface area contributed by atoms with Gasteiger partial charge in [-0.25, -0.2) is 4.39 Å². The molecule has 0 fully saturated rings. The van der Waals surface area contributed by atoms with Crippen LogP contribution in [0.4, 0.5) is 4.39 Å². The van der Waals surface area contributed by atoms with Crippen LogP contribution in [0, 0.1) is 12.7 Å². The van der Waals surface area contributed by atoms with E-state index in [4.69, 9.17) is 16.1 Å². The molecule has 3 aromatic rings. The lowest BCUT2D eigenvalue weighted by atomic mass is 10.2. The van der Waals surface area contributed by atoms with E-state index in [1.54, 1.807) is 33.0 Å². The number of aromatic nitrogens is 4. The maximum absolute atomic E-state index is 13.0. The van der Waals surface area contributed by atoms with Gasteiger partial charge in [0.1, 0.15) is 17.0 Å². The fraction of sp³-hybridized carbons (Fsp3) is 0.250. The summed E-state index contributed by atoms with van der Waals surface area (Å²) in [6.45, 7) is 3.41. The molecule has 1 atom stereocenters. The predicted octanol–water partition coefficient (Wildman–Crippen LogP) is 3.06. The largest absolute Gasteiger partial charge is 0.340 e. The van der Waals surface area contributed by atoms with Crippen LogP contribution in [0.25, 0.3) is 11.4 Å². The number of amides is 1. The molecule has 7 nitrogen and oxygen atoms in total. The minimum atomic E-state index is -0.537. The summed E-state index contributed by atoms with van der Waals surface area (Å²) in [5.74, 6) is -0.196. The smallest absolute Gasteiger partial charge is 0.256 e. The SMILES string of the molecule is Cc1nn(C)c(Cl)c1C(=O)NC(C)c1nc(-c2ccc(F)cc2)no1. The van der Waals surface area contributed by atoms with E-state index >= 15 is 0 Å². The quantitative estimate of drug-likeness (QED) is 0.769. The maximum atomic E-state index is 13.0. The molecule has 0 aliphatic carbocycles. The standard InChI is InChI=1S/C16H15ClFN5O2/c1-8-12(13(17)23(3)21-8)15(24)19-9(2)16-20-14(22-25-16)10-4-6-11(18)7-5-10/h4-7,9H,1-3H3,(H,19,24). The second-order valence-corrected chi connectivity index (χ2v) is 5.89. The highest BCUT2D eigenvalue weighted by Crippen LogP contribution is 2.22. The van der Waals surface area contributed by atoms with Crippen molar-refractivity contribution in [3.8, 4) is 11.4 Å². The van der Waals surface area contributed by atoms with Crippen molar-refractivity contribution < 1.29 is 13.7 Å². The summed E-state index contributed by atoms with van der Waals surface area (Å²) in [6.07, 6.45) is 0. The van der Waals surface area contributed by atoms with Crippen LogP contribution in [0.15, 0.2) is 28.8 Å². The molecular weight excluding hydrogens is 349 g/mol. The Bertz CT molecular complexity index is 919. The number of carbonyl (C=O) groups is 1. The first-order chi connectivity index (χ1) is 11.9. The Kier molecular flexibility index (Phi) is 4.54. The number of hydrogen-bond acceptors (Lipinski definition) is 5. The molecule has 0 aliphatic rings. The lowest BCUT2D eigenvalue weighted by Gasteiger charge is -2.09. The molecule has 1 aromatic carbocycles. The van der Waals surface area contributed by atoms with Crippen molar-refractivity contribution in [2.45, 2.75) is 19.9 Å². The van der Waals surface area contributed by atoms with Crippen molar-refractivity contribution in [2.75, 3.05) is 0 Å². The van der Waals surface area contributed by atoms with Gasteiger partial charge in [0.25, 0.3) is 5.91 Å². The molecule has 1 amide bonds. The van der Waals surface area contributed by atoms with E-state index in [1.165, 1.54) is 16.8 Å². The van der Waals surface area contributed by atoms with Crippen LogP contribution in [0.5, 0.6) is 0 Å². The summed E-state index contributed by atoms with van der Waals surface area (Å²) in [5.41, 5.74) is 1.44. The molecule has 0 saturated heterocycles.